The van der Waals surface area contributed by atoms with Crippen LogP contribution in [-0.4, -0.2) is 53.8 Å². The van der Waals surface area contributed by atoms with Gasteiger partial charge in [0.15, 0.2) is 0 Å². The van der Waals surface area contributed by atoms with Crippen molar-refractivity contribution in [1.29, 1.82) is 0 Å². The van der Waals surface area contributed by atoms with Gasteiger partial charge >= 0.3 is 6.09 Å². The number of hydrogen-bond donors (Lipinski definition) is 1. The topological polar surface area (TPSA) is 94.8 Å². The number of hydrogen-bond acceptors (Lipinski definition) is 5. The lowest BCUT2D eigenvalue weighted by atomic mass is 9.76. The molecule has 2 amide bonds. The molecule has 2 fully saturated rings. The monoisotopic (exact) mass is 681 g/mol. The van der Waals surface area contributed by atoms with Crippen molar-refractivity contribution < 1.29 is 19.1 Å². The number of carbonyl (C=O) groups excluding carboxylic acids is 2. The smallest absolute Gasteiger partial charge is 0.404 e. The highest BCUT2D eigenvalue weighted by Gasteiger charge is 2.40. The van der Waals surface area contributed by atoms with Crippen LogP contribution in [-0.2, 0) is 27.1 Å². The molecule has 4 atom stereocenters. The molecule has 39 heavy (non-hydrogen) atoms. The lowest BCUT2D eigenvalue weighted by Gasteiger charge is -2.40. The number of piperidine rings is 1. The molecule has 2 aliphatic carbocycles. The van der Waals surface area contributed by atoms with Crippen LogP contribution in [0.1, 0.15) is 67.3 Å². The van der Waals surface area contributed by atoms with Crippen molar-refractivity contribution in [3.63, 3.8) is 0 Å². The van der Waals surface area contributed by atoms with Gasteiger partial charge in [-0.3, -0.25) is 9.78 Å². The molecule has 3 aliphatic rings. The predicted octanol–water partition coefficient (Wildman–Crippen LogP) is 6.40. The minimum atomic E-state index is -0.823. The Bertz CT molecular complexity index is 1240. The Morgan fingerprint density at radius 1 is 1.08 bits per heavy atom. The average Bonchev–Trinajstić information content (AvgIpc) is 3.06. The van der Waals surface area contributed by atoms with Gasteiger partial charge in [-0.15, -0.1) is 0 Å². The third-order valence-electron chi connectivity index (χ3n) is 8.47. The molecule has 1 aromatic heterocycles. The molecule has 3 unspecified atom stereocenters. The van der Waals surface area contributed by atoms with Gasteiger partial charge in [-0.05, 0) is 109 Å². The van der Waals surface area contributed by atoms with E-state index < -0.39 is 12.2 Å². The molecule has 2 N–H and O–H groups in total. The number of nitrogens with two attached hydrogens (primary N) is 1. The maximum Gasteiger partial charge on any atom is 0.404 e. The van der Waals surface area contributed by atoms with E-state index >= 15 is 0 Å². The SMILES string of the molecule is CCOC1CCC(C(=O)N2CCC([C@H]3c4ncc(Br)cc4CCc4cc(Cl)cc(Br)c43)CC2)CC1OC(N)=O. The van der Waals surface area contributed by atoms with Crippen LogP contribution in [0.15, 0.2) is 33.3 Å². The van der Waals surface area contributed by atoms with Gasteiger partial charge in [0.2, 0.25) is 5.91 Å². The van der Waals surface area contributed by atoms with E-state index in [0.29, 0.717) is 38.5 Å². The number of aromatic nitrogens is 1. The van der Waals surface area contributed by atoms with Crippen molar-refractivity contribution in [2.45, 2.75) is 70.0 Å². The van der Waals surface area contributed by atoms with E-state index in [-0.39, 0.29) is 23.8 Å². The summed E-state index contributed by atoms with van der Waals surface area (Å²) in [5.74, 6) is 0.412. The zero-order valence-corrected chi connectivity index (χ0v) is 25.9. The molecule has 210 valence electrons. The Balaban J connectivity index is 1.33. The number of amides is 2. The summed E-state index contributed by atoms with van der Waals surface area (Å²) < 4.78 is 13.1. The number of nitrogens with zero attached hydrogens (tertiary/aromatic N) is 2. The quantitative estimate of drug-likeness (QED) is 0.394. The predicted molar refractivity (Wildman–Crippen MR) is 157 cm³/mol. The van der Waals surface area contributed by atoms with Crippen LogP contribution in [0.3, 0.4) is 0 Å². The zero-order valence-electron chi connectivity index (χ0n) is 22.0. The number of benzene rings is 1. The fourth-order valence-corrected chi connectivity index (χ4v) is 8.24. The number of primary amides is 1. The van der Waals surface area contributed by atoms with Gasteiger partial charge in [0, 0.05) is 51.7 Å². The van der Waals surface area contributed by atoms with Gasteiger partial charge in [-0.2, -0.15) is 0 Å². The highest BCUT2D eigenvalue weighted by atomic mass is 79.9. The van der Waals surface area contributed by atoms with Crippen LogP contribution in [0.25, 0.3) is 0 Å². The molecule has 1 aliphatic heterocycles. The number of halogens is 3. The fourth-order valence-electron chi connectivity index (χ4n) is 6.75. The van der Waals surface area contributed by atoms with Gasteiger partial charge in [0.1, 0.15) is 6.10 Å². The Labute approximate surface area is 251 Å². The second-order valence-electron chi connectivity index (χ2n) is 10.8. The Morgan fingerprint density at radius 2 is 1.82 bits per heavy atom. The molecular weight excluding hydrogens is 650 g/mol. The summed E-state index contributed by atoms with van der Waals surface area (Å²) in [7, 11) is 0. The summed E-state index contributed by atoms with van der Waals surface area (Å²) in [4.78, 5) is 32.0. The highest BCUT2D eigenvalue weighted by molar-refractivity contribution is 9.10. The van der Waals surface area contributed by atoms with Gasteiger partial charge in [-0.25, -0.2) is 4.79 Å². The van der Waals surface area contributed by atoms with Crippen molar-refractivity contribution in [1.82, 2.24) is 9.88 Å². The molecule has 1 aromatic carbocycles. The molecule has 1 saturated heterocycles. The molecule has 5 rings (SSSR count). The molecule has 1 saturated carbocycles. The zero-order chi connectivity index (χ0) is 27.7. The van der Waals surface area contributed by atoms with E-state index in [1.807, 2.05) is 24.1 Å². The molecule has 2 aromatic rings. The van der Waals surface area contributed by atoms with Crippen molar-refractivity contribution in [3.05, 3.63) is 60.7 Å². The third-order valence-corrected chi connectivity index (χ3v) is 9.78. The molecule has 10 heteroatoms. The second kappa shape index (κ2) is 12.5. The first-order valence-corrected chi connectivity index (χ1v) is 15.7. The summed E-state index contributed by atoms with van der Waals surface area (Å²) in [6, 6.07) is 6.27. The number of fused-ring (bicyclic) bond motifs is 2. The van der Waals surface area contributed by atoms with Gasteiger partial charge in [-0.1, -0.05) is 27.5 Å². The Kier molecular flexibility index (Phi) is 9.21. The van der Waals surface area contributed by atoms with E-state index in [0.717, 1.165) is 51.8 Å². The van der Waals surface area contributed by atoms with Crippen LogP contribution in [0.4, 0.5) is 4.79 Å². The fraction of sp³-hybridized carbons (Fsp3) is 0.552. The summed E-state index contributed by atoms with van der Waals surface area (Å²) in [6.07, 6.45) is 5.80. The van der Waals surface area contributed by atoms with Crippen LogP contribution in [0.2, 0.25) is 5.02 Å². The maximum atomic E-state index is 13.6. The summed E-state index contributed by atoms with van der Waals surface area (Å²) >= 11 is 13.9. The number of carbonyl (C=O) groups is 2. The van der Waals surface area contributed by atoms with Crippen LogP contribution >= 0.6 is 43.5 Å². The van der Waals surface area contributed by atoms with Gasteiger partial charge in [0.05, 0.1) is 11.8 Å². The van der Waals surface area contributed by atoms with E-state index in [2.05, 4.69) is 44.0 Å². The summed E-state index contributed by atoms with van der Waals surface area (Å²) in [6.45, 7) is 3.82. The first kappa shape index (κ1) is 28.8. The first-order chi connectivity index (χ1) is 18.7. The minimum Gasteiger partial charge on any atom is -0.444 e. The first-order valence-electron chi connectivity index (χ1n) is 13.7. The maximum absolute atomic E-state index is 13.6. The largest absolute Gasteiger partial charge is 0.444 e. The minimum absolute atomic E-state index is 0.129. The van der Waals surface area contributed by atoms with Crippen molar-refractivity contribution in [3.8, 4) is 0 Å². The van der Waals surface area contributed by atoms with Gasteiger partial charge in [0.25, 0.3) is 0 Å². The van der Waals surface area contributed by atoms with E-state index in [9.17, 15) is 9.59 Å². The van der Waals surface area contributed by atoms with E-state index in [1.54, 1.807) is 0 Å². The highest BCUT2D eigenvalue weighted by Crippen LogP contribution is 2.46. The second-order valence-corrected chi connectivity index (χ2v) is 13.0. The number of aryl methyl sites for hydroxylation is 2. The Hall–Kier alpha value is -1.68. The number of rotatable bonds is 5. The summed E-state index contributed by atoms with van der Waals surface area (Å²) in [5, 5.41) is 0.734. The van der Waals surface area contributed by atoms with E-state index in [4.69, 9.17) is 31.8 Å². The Morgan fingerprint density at radius 3 is 2.54 bits per heavy atom. The van der Waals surface area contributed by atoms with Gasteiger partial charge < -0.3 is 20.1 Å². The van der Waals surface area contributed by atoms with Crippen LogP contribution in [0, 0.1) is 11.8 Å². The molecular formula is C29H34Br2ClN3O4. The number of likely N-dealkylation sites (tertiary alicyclic amines) is 1. The average molecular weight is 684 g/mol. The van der Waals surface area contributed by atoms with Crippen molar-refractivity contribution in [2.24, 2.45) is 17.6 Å². The molecule has 2 heterocycles. The molecule has 0 radical (unpaired) electrons. The number of pyridine rings is 1. The number of ether oxygens (including phenoxy) is 2. The normalized spacial score (nSPS) is 25.4. The third kappa shape index (κ3) is 6.31. The van der Waals surface area contributed by atoms with Crippen molar-refractivity contribution >= 4 is 55.5 Å². The molecule has 0 bridgehead atoms. The molecule has 0 spiro atoms. The van der Waals surface area contributed by atoms with Crippen LogP contribution < -0.4 is 5.73 Å². The molecule has 7 nitrogen and oxygen atoms in total. The lowest BCUT2D eigenvalue weighted by molar-refractivity contribution is -0.143. The lowest BCUT2D eigenvalue weighted by Crippen LogP contribution is -2.47. The van der Waals surface area contributed by atoms with Crippen LogP contribution in [0.5, 0.6) is 0 Å². The standard InChI is InChI=1S/C29H34Br2ClN3O4/c1-2-38-23-6-5-19(13-24(23)39-29(33)37)28(36)35-9-7-16(8-10-35)26-25-17(12-21(32)14-22(25)31)3-4-18-11-20(30)15-34-27(18)26/h11-12,14-16,19,23-24,26H,2-10,13H2,1H3,(H2,33,37)/t19?,23?,24?,26-/m1/s1. The van der Waals surface area contributed by atoms with Crippen molar-refractivity contribution in [2.75, 3.05) is 19.7 Å². The van der Waals surface area contributed by atoms with E-state index in [1.165, 1.54) is 16.7 Å². The summed E-state index contributed by atoms with van der Waals surface area (Å²) in [5.41, 5.74) is 10.2.